The minimum atomic E-state index is -0.646. The van der Waals surface area contributed by atoms with Crippen molar-refractivity contribution in [3.8, 4) is 5.82 Å². The summed E-state index contributed by atoms with van der Waals surface area (Å²) in [6.45, 7) is 1.82. The van der Waals surface area contributed by atoms with E-state index in [2.05, 4.69) is 15.4 Å². The molecule has 1 N–H and O–H groups in total. The monoisotopic (exact) mass is 460 g/mol. The first-order valence-electron chi connectivity index (χ1n) is 10.7. The fraction of sp³-hybridized carbons (Fsp3) is 0.160. The van der Waals surface area contributed by atoms with E-state index in [-0.39, 0.29) is 36.6 Å². The zero-order chi connectivity index (χ0) is 24.1. The highest BCUT2D eigenvalue weighted by molar-refractivity contribution is 6.03. The van der Waals surface area contributed by atoms with E-state index in [1.807, 2.05) is 30.3 Å². The first-order valence-corrected chi connectivity index (χ1v) is 10.7. The molecule has 172 valence electrons. The van der Waals surface area contributed by atoms with E-state index in [1.54, 1.807) is 13.0 Å². The van der Waals surface area contributed by atoms with Gasteiger partial charge in [-0.25, -0.2) is 14.2 Å². The highest BCUT2D eigenvalue weighted by Gasteiger charge is 2.22. The maximum atomic E-state index is 13.1. The number of nitrogens with zero attached hydrogens (tertiary/aromatic N) is 3. The Morgan fingerprint density at radius 3 is 2.53 bits per heavy atom. The fourth-order valence-electron chi connectivity index (χ4n) is 3.38. The van der Waals surface area contributed by atoms with E-state index < -0.39 is 17.7 Å². The normalized spacial score (nSPS) is 10.8. The van der Waals surface area contributed by atoms with Gasteiger partial charge in [0.25, 0.3) is 0 Å². The second-order valence-electron chi connectivity index (χ2n) is 7.38. The third kappa shape index (κ3) is 4.98. The number of anilines is 1. The van der Waals surface area contributed by atoms with E-state index in [9.17, 15) is 18.8 Å². The molecule has 0 radical (unpaired) electrons. The molecule has 8 nitrogen and oxygen atoms in total. The third-order valence-electron chi connectivity index (χ3n) is 5.07. The van der Waals surface area contributed by atoms with Crippen molar-refractivity contribution in [2.24, 2.45) is 0 Å². The number of nitrogens with one attached hydrogen (secondary N) is 1. The quantitative estimate of drug-likeness (QED) is 0.310. The lowest BCUT2D eigenvalue weighted by atomic mass is 10.1. The number of para-hydroxylation sites is 1. The van der Waals surface area contributed by atoms with Gasteiger partial charge in [-0.1, -0.05) is 18.2 Å². The summed E-state index contributed by atoms with van der Waals surface area (Å²) in [6.07, 6.45) is 1.07. The number of ketones is 1. The van der Waals surface area contributed by atoms with Gasteiger partial charge >= 0.3 is 5.97 Å². The maximum Gasteiger partial charge on any atom is 0.343 e. The Morgan fingerprint density at radius 1 is 1.00 bits per heavy atom. The molecule has 0 aliphatic carbocycles. The van der Waals surface area contributed by atoms with Gasteiger partial charge in [0, 0.05) is 23.8 Å². The number of hydrogen-bond acceptors (Lipinski definition) is 6. The number of Topliss-reactive ketones (excluding diaryl/α,β-unsaturated/α-hetero) is 1. The molecule has 2 heterocycles. The van der Waals surface area contributed by atoms with Crippen LogP contribution >= 0.6 is 0 Å². The van der Waals surface area contributed by atoms with Crippen LogP contribution in [0.15, 0.2) is 66.9 Å². The SMILES string of the molecule is CCOC(=O)c1cnn(-c2ccc3ccccc3n2)c1NC(=O)CCC(=O)c1ccc(F)cc1. The minimum absolute atomic E-state index is 0.0648. The highest BCUT2D eigenvalue weighted by atomic mass is 19.1. The Morgan fingerprint density at radius 2 is 1.76 bits per heavy atom. The molecule has 0 aliphatic heterocycles. The van der Waals surface area contributed by atoms with E-state index in [0.29, 0.717) is 11.4 Å². The Bertz CT molecular complexity index is 1370. The van der Waals surface area contributed by atoms with Gasteiger partial charge in [0.15, 0.2) is 17.4 Å². The molecule has 0 saturated carbocycles. The molecule has 34 heavy (non-hydrogen) atoms. The van der Waals surface area contributed by atoms with Crippen molar-refractivity contribution in [3.05, 3.63) is 83.8 Å². The molecule has 2 aromatic heterocycles. The zero-order valence-electron chi connectivity index (χ0n) is 18.3. The number of benzene rings is 2. The minimum Gasteiger partial charge on any atom is -0.462 e. The standard InChI is InChI=1S/C25H21FN4O4/c1-2-34-25(33)19-15-27-30(22-13-9-16-5-3-4-6-20(16)28-22)24(19)29-23(32)14-12-21(31)17-7-10-18(26)11-8-17/h3-11,13,15H,2,12,14H2,1H3,(H,29,32). The van der Waals surface area contributed by atoms with Crippen molar-refractivity contribution < 1.29 is 23.5 Å². The Kier molecular flexibility index (Phi) is 6.72. The van der Waals surface area contributed by atoms with Gasteiger partial charge in [0.1, 0.15) is 11.4 Å². The van der Waals surface area contributed by atoms with Crippen LogP contribution in [0.3, 0.4) is 0 Å². The van der Waals surface area contributed by atoms with Crippen LogP contribution in [-0.2, 0) is 9.53 Å². The molecule has 0 bridgehead atoms. The van der Waals surface area contributed by atoms with Crippen molar-refractivity contribution in [1.29, 1.82) is 0 Å². The van der Waals surface area contributed by atoms with Crippen LogP contribution < -0.4 is 5.32 Å². The van der Waals surface area contributed by atoms with Gasteiger partial charge < -0.3 is 10.1 Å². The van der Waals surface area contributed by atoms with Crippen LogP contribution in [0.25, 0.3) is 16.7 Å². The molecule has 0 fully saturated rings. The number of hydrogen-bond donors (Lipinski definition) is 1. The van der Waals surface area contributed by atoms with Crippen molar-refractivity contribution >= 4 is 34.4 Å². The molecule has 0 atom stereocenters. The van der Waals surface area contributed by atoms with E-state index in [4.69, 9.17) is 4.74 Å². The molecular weight excluding hydrogens is 439 g/mol. The molecule has 2 aromatic carbocycles. The van der Waals surface area contributed by atoms with Crippen molar-refractivity contribution in [2.75, 3.05) is 11.9 Å². The number of aromatic nitrogens is 3. The summed E-state index contributed by atoms with van der Waals surface area (Å²) in [4.78, 5) is 42.0. The number of rotatable bonds is 8. The predicted octanol–water partition coefficient (Wildman–Crippen LogP) is 4.34. The number of pyridine rings is 1. The molecule has 0 aliphatic rings. The first kappa shape index (κ1) is 22.8. The van der Waals surface area contributed by atoms with Crippen LogP contribution in [0.2, 0.25) is 0 Å². The van der Waals surface area contributed by atoms with Gasteiger partial charge in [-0.15, -0.1) is 0 Å². The summed E-state index contributed by atoms with van der Waals surface area (Å²) >= 11 is 0. The van der Waals surface area contributed by atoms with E-state index >= 15 is 0 Å². The van der Waals surface area contributed by atoms with Crippen molar-refractivity contribution in [3.63, 3.8) is 0 Å². The van der Waals surface area contributed by atoms with E-state index in [1.165, 1.54) is 35.1 Å². The number of esters is 1. The second kappa shape index (κ2) is 10.0. The summed E-state index contributed by atoms with van der Waals surface area (Å²) in [6, 6.07) is 16.2. The van der Waals surface area contributed by atoms with Crippen LogP contribution in [0.1, 0.15) is 40.5 Å². The van der Waals surface area contributed by atoms with E-state index in [0.717, 1.165) is 10.9 Å². The topological polar surface area (TPSA) is 103 Å². The molecule has 0 spiro atoms. The van der Waals surface area contributed by atoms with Gasteiger partial charge in [-0.2, -0.15) is 9.78 Å². The number of halogens is 1. The molecule has 0 saturated heterocycles. The van der Waals surface area contributed by atoms with Crippen molar-refractivity contribution in [1.82, 2.24) is 14.8 Å². The van der Waals surface area contributed by atoms with Crippen LogP contribution in [0, 0.1) is 5.82 Å². The highest BCUT2D eigenvalue weighted by Crippen LogP contribution is 2.23. The average molecular weight is 460 g/mol. The zero-order valence-corrected chi connectivity index (χ0v) is 18.3. The van der Waals surface area contributed by atoms with Gasteiger partial charge in [0.05, 0.1) is 18.3 Å². The Balaban J connectivity index is 1.57. The third-order valence-corrected chi connectivity index (χ3v) is 5.07. The smallest absolute Gasteiger partial charge is 0.343 e. The number of carbonyl (C=O) groups is 3. The van der Waals surface area contributed by atoms with Crippen LogP contribution in [0.5, 0.6) is 0 Å². The lowest BCUT2D eigenvalue weighted by Crippen LogP contribution is -2.19. The summed E-state index contributed by atoms with van der Waals surface area (Å²) in [5.74, 6) is -1.40. The predicted molar refractivity (Wildman–Crippen MR) is 123 cm³/mol. The molecule has 4 rings (SSSR count). The molecule has 0 unspecified atom stereocenters. The lowest BCUT2D eigenvalue weighted by Gasteiger charge is -2.11. The number of fused-ring (bicyclic) bond motifs is 1. The molecule has 1 amide bonds. The number of ether oxygens (including phenoxy) is 1. The largest absolute Gasteiger partial charge is 0.462 e. The summed E-state index contributed by atoms with van der Waals surface area (Å²) in [5.41, 5.74) is 1.09. The Hall–Kier alpha value is -4.40. The second-order valence-corrected chi connectivity index (χ2v) is 7.38. The van der Waals surface area contributed by atoms with Gasteiger partial charge in [-0.3, -0.25) is 9.59 Å². The number of carbonyl (C=O) groups excluding carboxylic acids is 3. The number of amides is 1. The molecular formula is C25H21FN4O4. The summed E-state index contributed by atoms with van der Waals surface area (Å²) in [5, 5.41) is 7.83. The van der Waals surface area contributed by atoms with Crippen molar-refractivity contribution in [2.45, 2.75) is 19.8 Å². The summed E-state index contributed by atoms with van der Waals surface area (Å²) < 4.78 is 19.5. The van der Waals surface area contributed by atoms with Gasteiger partial charge in [0.2, 0.25) is 5.91 Å². The Labute approximate surface area is 194 Å². The maximum absolute atomic E-state index is 13.1. The lowest BCUT2D eigenvalue weighted by molar-refractivity contribution is -0.116. The van der Waals surface area contributed by atoms with Crippen LogP contribution in [-0.4, -0.2) is 39.0 Å². The first-order chi connectivity index (χ1) is 16.5. The van der Waals surface area contributed by atoms with Gasteiger partial charge in [-0.05, 0) is 49.4 Å². The fourth-order valence-corrected chi connectivity index (χ4v) is 3.38. The summed E-state index contributed by atoms with van der Waals surface area (Å²) in [7, 11) is 0. The molecule has 9 heteroatoms. The average Bonchev–Trinajstić information content (AvgIpc) is 3.26. The van der Waals surface area contributed by atoms with Crippen LogP contribution in [0.4, 0.5) is 10.2 Å². The molecule has 4 aromatic rings.